The summed E-state index contributed by atoms with van der Waals surface area (Å²) < 4.78 is 5.29. The van der Waals surface area contributed by atoms with E-state index in [2.05, 4.69) is 16.0 Å². The summed E-state index contributed by atoms with van der Waals surface area (Å²) in [6.45, 7) is 5.66. The van der Waals surface area contributed by atoms with Crippen LogP contribution in [0, 0.1) is 6.92 Å². The zero-order chi connectivity index (χ0) is 21.2. The summed E-state index contributed by atoms with van der Waals surface area (Å²) in [4.78, 5) is 26.9. The first kappa shape index (κ1) is 22.2. The maximum Gasteiger partial charge on any atom is 0.323 e. The predicted molar refractivity (Wildman–Crippen MR) is 118 cm³/mol. The molecular formula is C22H30N4O3. The SMILES string of the molecule is CCOCCCNC(=O)c1cc(NC(=O)Nc2ccccc2C)ccc1N(C)C. The van der Waals surface area contributed by atoms with Gasteiger partial charge in [-0.2, -0.15) is 0 Å². The van der Waals surface area contributed by atoms with Gasteiger partial charge in [-0.3, -0.25) is 4.79 Å². The highest BCUT2D eigenvalue weighted by molar-refractivity contribution is 6.04. The molecule has 0 fully saturated rings. The van der Waals surface area contributed by atoms with E-state index < -0.39 is 0 Å². The number of urea groups is 1. The van der Waals surface area contributed by atoms with Crippen LogP contribution in [0.5, 0.6) is 0 Å². The molecule has 156 valence electrons. The van der Waals surface area contributed by atoms with Crippen molar-refractivity contribution in [2.24, 2.45) is 0 Å². The van der Waals surface area contributed by atoms with Crippen molar-refractivity contribution in [1.82, 2.24) is 5.32 Å². The van der Waals surface area contributed by atoms with Crippen molar-refractivity contribution in [3.05, 3.63) is 53.6 Å². The van der Waals surface area contributed by atoms with Gasteiger partial charge in [0.15, 0.2) is 0 Å². The predicted octanol–water partition coefficient (Wildman–Crippen LogP) is 3.86. The summed E-state index contributed by atoms with van der Waals surface area (Å²) in [5.41, 5.74) is 3.53. The highest BCUT2D eigenvalue weighted by Crippen LogP contribution is 2.23. The van der Waals surface area contributed by atoms with Crippen molar-refractivity contribution in [3.63, 3.8) is 0 Å². The van der Waals surface area contributed by atoms with E-state index in [0.29, 0.717) is 31.0 Å². The zero-order valence-corrected chi connectivity index (χ0v) is 17.5. The molecule has 2 aromatic rings. The summed E-state index contributed by atoms with van der Waals surface area (Å²) in [6, 6.07) is 12.5. The van der Waals surface area contributed by atoms with Gasteiger partial charge in [0.1, 0.15) is 0 Å². The van der Waals surface area contributed by atoms with Crippen LogP contribution < -0.4 is 20.9 Å². The zero-order valence-electron chi connectivity index (χ0n) is 17.5. The molecule has 7 nitrogen and oxygen atoms in total. The second kappa shape index (κ2) is 11.1. The fraction of sp³-hybridized carbons (Fsp3) is 0.364. The standard InChI is InChI=1S/C22H30N4O3/c1-5-29-14-8-13-23-21(27)18-15-17(11-12-20(18)26(3)4)24-22(28)25-19-10-7-6-9-16(19)2/h6-7,9-12,15H,5,8,13-14H2,1-4H3,(H,23,27)(H2,24,25,28). The normalized spacial score (nSPS) is 10.3. The molecule has 3 amide bonds. The van der Waals surface area contributed by atoms with Crippen molar-refractivity contribution in [2.45, 2.75) is 20.3 Å². The first-order valence-corrected chi connectivity index (χ1v) is 9.73. The van der Waals surface area contributed by atoms with E-state index in [9.17, 15) is 9.59 Å². The maximum atomic E-state index is 12.7. The molecule has 0 atom stereocenters. The van der Waals surface area contributed by atoms with Crippen molar-refractivity contribution in [2.75, 3.05) is 49.4 Å². The highest BCUT2D eigenvalue weighted by Gasteiger charge is 2.15. The second-order valence-corrected chi connectivity index (χ2v) is 6.83. The van der Waals surface area contributed by atoms with Crippen LogP contribution >= 0.6 is 0 Å². The molecule has 0 heterocycles. The lowest BCUT2D eigenvalue weighted by Gasteiger charge is -2.19. The van der Waals surface area contributed by atoms with Gasteiger partial charge in [0, 0.05) is 50.9 Å². The van der Waals surface area contributed by atoms with Crippen LogP contribution in [-0.2, 0) is 4.74 Å². The largest absolute Gasteiger partial charge is 0.382 e. The highest BCUT2D eigenvalue weighted by atomic mass is 16.5. The fourth-order valence-electron chi connectivity index (χ4n) is 2.80. The van der Waals surface area contributed by atoms with Crippen LogP contribution in [0.2, 0.25) is 0 Å². The Morgan fingerprint density at radius 3 is 2.52 bits per heavy atom. The Labute approximate surface area is 172 Å². The first-order chi connectivity index (χ1) is 13.9. The van der Waals surface area contributed by atoms with Gasteiger partial charge in [-0.05, 0) is 50.1 Å². The van der Waals surface area contributed by atoms with Crippen LogP contribution in [0.4, 0.5) is 21.9 Å². The number of hydrogen-bond donors (Lipinski definition) is 3. The van der Waals surface area contributed by atoms with E-state index in [1.165, 1.54) is 0 Å². The Bertz CT molecular complexity index is 837. The van der Waals surface area contributed by atoms with Gasteiger partial charge >= 0.3 is 6.03 Å². The molecule has 0 saturated carbocycles. The number of nitrogens with one attached hydrogen (secondary N) is 3. The number of amides is 3. The second-order valence-electron chi connectivity index (χ2n) is 6.83. The minimum atomic E-state index is -0.361. The van der Waals surface area contributed by atoms with E-state index in [0.717, 1.165) is 23.4 Å². The fourth-order valence-corrected chi connectivity index (χ4v) is 2.80. The van der Waals surface area contributed by atoms with E-state index in [1.54, 1.807) is 12.1 Å². The van der Waals surface area contributed by atoms with Crippen LogP contribution in [0.25, 0.3) is 0 Å². The number of anilines is 3. The molecule has 0 aliphatic carbocycles. The molecule has 0 aliphatic rings. The third-order valence-corrected chi connectivity index (χ3v) is 4.33. The Hall–Kier alpha value is -3.06. The lowest BCUT2D eigenvalue weighted by molar-refractivity contribution is 0.0944. The number of carbonyl (C=O) groups excluding carboxylic acids is 2. The number of carbonyl (C=O) groups is 2. The van der Waals surface area contributed by atoms with Crippen LogP contribution in [0.1, 0.15) is 29.3 Å². The molecule has 29 heavy (non-hydrogen) atoms. The molecule has 0 unspecified atom stereocenters. The summed E-state index contributed by atoms with van der Waals surface area (Å²) in [6.07, 6.45) is 0.744. The minimum absolute atomic E-state index is 0.187. The molecule has 0 aliphatic heterocycles. The number of rotatable bonds is 9. The molecule has 3 N–H and O–H groups in total. The molecule has 0 spiro atoms. The van der Waals surface area contributed by atoms with Crippen molar-refractivity contribution in [3.8, 4) is 0 Å². The van der Waals surface area contributed by atoms with Gasteiger partial charge in [-0.25, -0.2) is 4.79 Å². The van der Waals surface area contributed by atoms with Crippen molar-refractivity contribution >= 4 is 29.0 Å². The van der Waals surface area contributed by atoms with Gasteiger partial charge < -0.3 is 25.6 Å². The van der Waals surface area contributed by atoms with Gasteiger partial charge in [-0.1, -0.05) is 18.2 Å². The van der Waals surface area contributed by atoms with Crippen LogP contribution in [-0.4, -0.2) is 45.8 Å². The number of hydrogen-bond acceptors (Lipinski definition) is 4. The average Bonchev–Trinajstić information content (AvgIpc) is 2.69. The Balaban J connectivity index is 2.07. The summed E-state index contributed by atoms with van der Waals surface area (Å²) in [7, 11) is 3.75. The van der Waals surface area contributed by atoms with Crippen LogP contribution in [0.15, 0.2) is 42.5 Å². The lowest BCUT2D eigenvalue weighted by atomic mass is 10.1. The minimum Gasteiger partial charge on any atom is -0.382 e. The molecule has 7 heteroatoms. The van der Waals surface area contributed by atoms with E-state index in [4.69, 9.17) is 4.74 Å². The number of para-hydroxylation sites is 1. The topological polar surface area (TPSA) is 82.7 Å². The van der Waals surface area contributed by atoms with Crippen molar-refractivity contribution in [1.29, 1.82) is 0 Å². The van der Waals surface area contributed by atoms with E-state index >= 15 is 0 Å². The smallest absolute Gasteiger partial charge is 0.323 e. The van der Waals surface area contributed by atoms with Gasteiger partial charge in [0.25, 0.3) is 5.91 Å². The molecule has 0 bridgehead atoms. The Morgan fingerprint density at radius 1 is 1.07 bits per heavy atom. The number of aryl methyl sites for hydroxylation is 1. The van der Waals surface area contributed by atoms with Gasteiger partial charge in [0.2, 0.25) is 0 Å². The monoisotopic (exact) mass is 398 g/mol. The Morgan fingerprint density at radius 2 is 1.83 bits per heavy atom. The third-order valence-electron chi connectivity index (χ3n) is 4.33. The summed E-state index contributed by atoms with van der Waals surface area (Å²) >= 11 is 0. The summed E-state index contributed by atoms with van der Waals surface area (Å²) in [5, 5.41) is 8.53. The number of benzene rings is 2. The van der Waals surface area contributed by atoms with E-state index in [-0.39, 0.29) is 11.9 Å². The molecule has 0 saturated heterocycles. The van der Waals surface area contributed by atoms with Gasteiger partial charge in [-0.15, -0.1) is 0 Å². The quantitative estimate of drug-likeness (QED) is 0.560. The molecule has 0 radical (unpaired) electrons. The first-order valence-electron chi connectivity index (χ1n) is 9.73. The number of ether oxygens (including phenoxy) is 1. The van der Waals surface area contributed by atoms with E-state index in [1.807, 2.05) is 63.2 Å². The van der Waals surface area contributed by atoms with Crippen LogP contribution in [0.3, 0.4) is 0 Å². The average molecular weight is 399 g/mol. The molecular weight excluding hydrogens is 368 g/mol. The van der Waals surface area contributed by atoms with Crippen molar-refractivity contribution < 1.29 is 14.3 Å². The number of nitrogens with zero attached hydrogens (tertiary/aromatic N) is 1. The third kappa shape index (κ3) is 6.80. The maximum absolute atomic E-state index is 12.7. The lowest BCUT2D eigenvalue weighted by Crippen LogP contribution is -2.28. The molecule has 2 aromatic carbocycles. The van der Waals surface area contributed by atoms with Gasteiger partial charge in [0.05, 0.1) is 5.56 Å². The summed E-state index contributed by atoms with van der Waals surface area (Å²) in [5.74, 6) is -0.187. The molecule has 2 rings (SSSR count). The Kier molecular flexibility index (Phi) is 8.48. The molecule has 0 aromatic heterocycles.